The minimum Gasteiger partial charge on any atom is -0.393 e. The topological polar surface area (TPSA) is 20.2 Å². The zero-order chi connectivity index (χ0) is 10.1. The van der Waals surface area contributed by atoms with E-state index in [0.717, 1.165) is 11.8 Å². The second-order valence-corrected chi connectivity index (χ2v) is 5.58. The Kier molecular flexibility index (Phi) is 3.16. The van der Waals surface area contributed by atoms with Gasteiger partial charge in [0.1, 0.15) is 0 Å². The first-order valence-corrected chi connectivity index (χ1v) is 6.40. The Hall–Kier alpha value is -0.0400. The van der Waals surface area contributed by atoms with Crippen LogP contribution in [-0.4, -0.2) is 11.2 Å². The van der Waals surface area contributed by atoms with Crippen LogP contribution in [0.5, 0.6) is 0 Å². The van der Waals surface area contributed by atoms with E-state index in [9.17, 15) is 5.11 Å². The molecule has 0 saturated heterocycles. The van der Waals surface area contributed by atoms with Crippen LogP contribution in [0.2, 0.25) is 0 Å². The quantitative estimate of drug-likeness (QED) is 0.735. The van der Waals surface area contributed by atoms with Crippen LogP contribution in [0.15, 0.2) is 0 Å². The van der Waals surface area contributed by atoms with Crippen LogP contribution >= 0.6 is 0 Å². The van der Waals surface area contributed by atoms with E-state index in [-0.39, 0.29) is 6.10 Å². The van der Waals surface area contributed by atoms with Crippen LogP contribution in [0.1, 0.15) is 52.4 Å². The molecule has 1 N–H and O–H groups in total. The van der Waals surface area contributed by atoms with Gasteiger partial charge in [-0.15, -0.1) is 0 Å². The molecule has 0 bridgehead atoms. The first-order valence-electron chi connectivity index (χ1n) is 6.40. The number of hydrogen-bond donors (Lipinski definition) is 1. The van der Waals surface area contributed by atoms with Crippen LogP contribution in [-0.2, 0) is 0 Å². The van der Waals surface area contributed by atoms with Gasteiger partial charge in [-0.3, -0.25) is 0 Å². The van der Waals surface area contributed by atoms with Gasteiger partial charge in [-0.25, -0.2) is 0 Å². The zero-order valence-electron chi connectivity index (χ0n) is 9.58. The predicted octanol–water partition coefficient (Wildman–Crippen LogP) is 3.22. The Balaban J connectivity index is 1.78. The summed E-state index contributed by atoms with van der Waals surface area (Å²) in [5.41, 5.74) is 0. The summed E-state index contributed by atoms with van der Waals surface area (Å²) in [5.74, 6) is 3.05. The molecule has 2 saturated carbocycles. The van der Waals surface area contributed by atoms with Crippen molar-refractivity contribution < 1.29 is 5.11 Å². The van der Waals surface area contributed by atoms with E-state index in [0.29, 0.717) is 11.8 Å². The SMILES string of the molecule is CC[C@@H]1C[C@H]1C(O)C1CCC(C)CC1. The molecule has 3 atom stereocenters. The van der Waals surface area contributed by atoms with Crippen molar-refractivity contribution in [3.05, 3.63) is 0 Å². The summed E-state index contributed by atoms with van der Waals surface area (Å²) in [6.07, 6.45) is 7.82. The molecule has 0 radical (unpaired) electrons. The molecule has 0 aliphatic heterocycles. The van der Waals surface area contributed by atoms with Crippen molar-refractivity contribution in [2.24, 2.45) is 23.7 Å². The molecule has 1 nitrogen and oxygen atoms in total. The number of rotatable bonds is 3. The molecule has 0 amide bonds. The van der Waals surface area contributed by atoms with Gasteiger partial charge in [-0.05, 0) is 42.9 Å². The van der Waals surface area contributed by atoms with Crippen LogP contribution < -0.4 is 0 Å². The number of hydrogen-bond acceptors (Lipinski definition) is 1. The molecule has 0 heterocycles. The lowest BCUT2D eigenvalue weighted by Gasteiger charge is -2.30. The molecule has 82 valence electrons. The lowest BCUT2D eigenvalue weighted by molar-refractivity contribution is 0.0535. The van der Waals surface area contributed by atoms with Crippen LogP contribution in [0, 0.1) is 23.7 Å². The third-order valence-corrected chi connectivity index (χ3v) is 4.48. The Morgan fingerprint density at radius 2 is 1.86 bits per heavy atom. The molecule has 2 fully saturated rings. The van der Waals surface area contributed by atoms with Crippen molar-refractivity contribution in [3.8, 4) is 0 Å². The Morgan fingerprint density at radius 3 is 2.36 bits per heavy atom. The van der Waals surface area contributed by atoms with Crippen molar-refractivity contribution in [1.82, 2.24) is 0 Å². The van der Waals surface area contributed by atoms with Gasteiger partial charge in [-0.1, -0.05) is 33.1 Å². The number of aliphatic hydroxyl groups excluding tert-OH is 1. The zero-order valence-corrected chi connectivity index (χ0v) is 9.58. The minimum absolute atomic E-state index is 0.0347. The molecule has 1 heteroatoms. The number of aliphatic hydroxyl groups is 1. The lowest BCUT2D eigenvalue weighted by atomic mass is 9.79. The van der Waals surface area contributed by atoms with E-state index in [1.165, 1.54) is 38.5 Å². The molecule has 2 aliphatic rings. The van der Waals surface area contributed by atoms with Crippen molar-refractivity contribution in [2.75, 3.05) is 0 Å². The van der Waals surface area contributed by atoms with Crippen molar-refractivity contribution in [2.45, 2.75) is 58.5 Å². The average Bonchev–Trinajstić information content (AvgIpc) is 2.97. The summed E-state index contributed by atoms with van der Waals surface area (Å²) in [6.45, 7) is 4.59. The van der Waals surface area contributed by atoms with E-state index < -0.39 is 0 Å². The normalized spacial score (nSPS) is 44.8. The van der Waals surface area contributed by atoms with E-state index >= 15 is 0 Å². The smallest absolute Gasteiger partial charge is 0.0599 e. The molecule has 2 aliphatic carbocycles. The maximum atomic E-state index is 10.2. The summed E-state index contributed by atoms with van der Waals surface area (Å²) in [4.78, 5) is 0. The highest BCUT2D eigenvalue weighted by Gasteiger charge is 2.44. The molecule has 1 unspecified atom stereocenters. The van der Waals surface area contributed by atoms with Gasteiger partial charge >= 0.3 is 0 Å². The predicted molar refractivity (Wildman–Crippen MR) is 59.0 cm³/mol. The molecule has 2 rings (SSSR count). The molecule has 14 heavy (non-hydrogen) atoms. The van der Waals surface area contributed by atoms with Gasteiger partial charge in [0.25, 0.3) is 0 Å². The third kappa shape index (κ3) is 2.13. The second-order valence-electron chi connectivity index (χ2n) is 5.58. The van der Waals surface area contributed by atoms with E-state index in [1.807, 2.05) is 0 Å². The van der Waals surface area contributed by atoms with Crippen molar-refractivity contribution >= 4 is 0 Å². The van der Waals surface area contributed by atoms with Crippen LogP contribution in [0.3, 0.4) is 0 Å². The largest absolute Gasteiger partial charge is 0.393 e. The van der Waals surface area contributed by atoms with Crippen LogP contribution in [0.25, 0.3) is 0 Å². The summed E-state index contributed by atoms with van der Waals surface area (Å²) >= 11 is 0. The fraction of sp³-hybridized carbons (Fsp3) is 1.00. The highest BCUT2D eigenvalue weighted by Crippen LogP contribution is 2.47. The van der Waals surface area contributed by atoms with Crippen molar-refractivity contribution in [1.29, 1.82) is 0 Å². The lowest BCUT2D eigenvalue weighted by Crippen LogP contribution is -2.27. The van der Waals surface area contributed by atoms with Gasteiger partial charge in [0.2, 0.25) is 0 Å². The molecular weight excluding hydrogens is 172 g/mol. The molecule has 0 aromatic carbocycles. The first kappa shape index (κ1) is 10.5. The van der Waals surface area contributed by atoms with Gasteiger partial charge in [0, 0.05) is 0 Å². The van der Waals surface area contributed by atoms with Crippen LogP contribution in [0.4, 0.5) is 0 Å². The monoisotopic (exact) mass is 196 g/mol. The maximum Gasteiger partial charge on any atom is 0.0599 e. The molecular formula is C13H24O. The molecule has 0 spiro atoms. The van der Waals surface area contributed by atoms with Crippen molar-refractivity contribution in [3.63, 3.8) is 0 Å². The summed E-state index contributed by atoms with van der Waals surface area (Å²) in [6, 6.07) is 0. The standard InChI is InChI=1S/C13H24O/c1-3-10-8-12(10)13(14)11-6-4-9(2)5-7-11/h9-14H,3-8H2,1-2H3/t9?,10-,11?,12-,13?/m1/s1. The molecule has 0 aromatic rings. The van der Waals surface area contributed by atoms with Gasteiger partial charge < -0.3 is 5.11 Å². The first-order chi connectivity index (χ1) is 6.72. The van der Waals surface area contributed by atoms with E-state index in [1.54, 1.807) is 0 Å². The highest BCUT2D eigenvalue weighted by molar-refractivity contribution is 4.93. The summed E-state index contributed by atoms with van der Waals surface area (Å²) < 4.78 is 0. The van der Waals surface area contributed by atoms with Gasteiger partial charge in [0.05, 0.1) is 6.10 Å². The fourth-order valence-corrected chi connectivity index (χ4v) is 3.14. The summed E-state index contributed by atoms with van der Waals surface area (Å²) in [7, 11) is 0. The Labute approximate surface area is 87.9 Å². The summed E-state index contributed by atoms with van der Waals surface area (Å²) in [5, 5.41) is 10.2. The molecule has 0 aromatic heterocycles. The Morgan fingerprint density at radius 1 is 1.21 bits per heavy atom. The average molecular weight is 196 g/mol. The third-order valence-electron chi connectivity index (χ3n) is 4.48. The van der Waals surface area contributed by atoms with Gasteiger partial charge in [0.15, 0.2) is 0 Å². The Bertz CT molecular complexity index is 182. The fourth-order valence-electron chi connectivity index (χ4n) is 3.14. The maximum absolute atomic E-state index is 10.2. The van der Waals surface area contributed by atoms with Gasteiger partial charge in [-0.2, -0.15) is 0 Å². The minimum atomic E-state index is 0.0347. The second kappa shape index (κ2) is 4.22. The van der Waals surface area contributed by atoms with E-state index in [2.05, 4.69) is 13.8 Å². The van der Waals surface area contributed by atoms with E-state index in [4.69, 9.17) is 0 Å². The highest BCUT2D eigenvalue weighted by atomic mass is 16.3.